The minimum atomic E-state index is 0.0234. The number of thiazole rings is 1. The maximum absolute atomic E-state index is 5.98. The summed E-state index contributed by atoms with van der Waals surface area (Å²) in [6, 6.07) is 0.0234. The SMILES string of the molecule is CC(N)/C=C/c1c(Cl)nc2sccn12. The van der Waals surface area contributed by atoms with E-state index < -0.39 is 0 Å². The van der Waals surface area contributed by atoms with Crippen LogP contribution >= 0.6 is 22.9 Å². The minimum absolute atomic E-state index is 0.0234. The van der Waals surface area contributed by atoms with Crippen molar-refractivity contribution in [2.45, 2.75) is 13.0 Å². The highest BCUT2D eigenvalue weighted by Crippen LogP contribution is 2.22. The Morgan fingerprint density at radius 2 is 2.50 bits per heavy atom. The highest BCUT2D eigenvalue weighted by molar-refractivity contribution is 7.15. The van der Waals surface area contributed by atoms with Crippen LogP contribution in [0.3, 0.4) is 0 Å². The van der Waals surface area contributed by atoms with Crippen LogP contribution in [0.5, 0.6) is 0 Å². The third-order valence-corrected chi connectivity index (χ3v) is 2.85. The molecule has 0 fully saturated rings. The first-order valence-corrected chi connectivity index (χ1v) is 5.49. The van der Waals surface area contributed by atoms with Gasteiger partial charge in [0.2, 0.25) is 0 Å². The lowest BCUT2D eigenvalue weighted by atomic mass is 10.3. The molecule has 0 saturated carbocycles. The second-order valence-corrected chi connectivity index (χ2v) is 4.29. The van der Waals surface area contributed by atoms with Crippen molar-refractivity contribution in [3.05, 3.63) is 28.5 Å². The standard InChI is InChI=1S/C9H10ClN3S/c1-6(11)2-3-7-8(10)12-9-13(7)4-5-14-9/h2-6H,11H2,1H3/b3-2+. The fraction of sp³-hybridized carbons (Fsp3) is 0.222. The lowest BCUT2D eigenvalue weighted by Gasteiger charge is -1.94. The Morgan fingerprint density at radius 1 is 1.71 bits per heavy atom. The first-order chi connectivity index (χ1) is 6.68. The highest BCUT2D eigenvalue weighted by atomic mass is 35.5. The number of aromatic nitrogens is 2. The second-order valence-electron chi connectivity index (χ2n) is 3.06. The van der Waals surface area contributed by atoms with Gasteiger partial charge in [-0.1, -0.05) is 17.7 Å². The van der Waals surface area contributed by atoms with Gasteiger partial charge in [0.05, 0.1) is 5.69 Å². The van der Waals surface area contributed by atoms with E-state index in [1.165, 1.54) is 0 Å². The first kappa shape index (κ1) is 9.71. The van der Waals surface area contributed by atoms with E-state index in [-0.39, 0.29) is 6.04 Å². The zero-order valence-corrected chi connectivity index (χ0v) is 9.22. The van der Waals surface area contributed by atoms with E-state index in [0.717, 1.165) is 10.7 Å². The van der Waals surface area contributed by atoms with Crippen LogP contribution in [0.2, 0.25) is 5.15 Å². The van der Waals surface area contributed by atoms with Gasteiger partial charge in [-0.15, -0.1) is 11.3 Å². The van der Waals surface area contributed by atoms with Crippen LogP contribution in [-0.4, -0.2) is 15.4 Å². The zero-order chi connectivity index (χ0) is 10.1. The summed E-state index contributed by atoms with van der Waals surface area (Å²) in [7, 11) is 0. The molecule has 2 aromatic heterocycles. The molecule has 5 heteroatoms. The number of hydrogen-bond acceptors (Lipinski definition) is 3. The molecule has 0 aromatic carbocycles. The lowest BCUT2D eigenvalue weighted by Crippen LogP contribution is -2.10. The molecule has 3 nitrogen and oxygen atoms in total. The summed E-state index contributed by atoms with van der Waals surface area (Å²) in [6.45, 7) is 1.91. The van der Waals surface area contributed by atoms with Crippen molar-refractivity contribution < 1.29 is 0 Å². The molecular formula is C9H10ClN3S. The van der Waals surface area contributed by atoms with Crippen LogP contribution < -0.4 is 5.73 Å². The van der Waals surface area contributed by atoms with Crippen LogP contribution in [-0.2, 0) is 0 Å². The van der Waals surface area contributed by atoms with Crippen molar-refractivity contribution in [2.24, 2.45) is 5.73 Å². The van der Waals surface area contributed by atoms with Gasteiger partial charge in [-0.05, 0) is 13.0 Å². The van der Waals surface area contributed by atoms with E-state index >= 15 is 0 Å². The Kier molecular flexibility index (Phi) is 2.58. The highest BCUT2D eigenvalue weighted by Gasteiger charge is 2.07. The number of nitrogens with two attached hydrogens (primary N) is 1. The van der Waals surface area contributed by atoms with Gasteiger partial charge >= 0.3 is 0 Å². The molecule has 0 saturated heterocycles. The third kappa shape index (κ3) is 1.68. The normalized spacial score (nSPS) is 14.2. The summed E-state index contributed by atoms with van der Waals surface area (Å²) in [5, 5.41) is 2.50. The third-order valence-electron chi connectivity index (χ3n) is 1.81. The molecule has 0 bridgehead atoms. The summed E-state index contributed by atoms with van der Waals surface area (Å²) in [4.78, 5) is 5.11. The van der Waals surface area contributed by atoms with Crippen molar-refractivity contribution in [1.82, 2.24) is 9.38 Å². The number of nitrogens with zero attached hydrogens (tertiary/aromatic N) is 2. The van der Waals surface area contributed by atoms with Crippen LogP contribution in [0.4, 0.5) is 0 Å². The summed E-state index contributed by atoms with van der Waals surface area (Å²) in [6.07, 6.45) is 5.74. The lowest BCUT2D eigenvalue weighted by molar-refractivity contribution is 0.930. The van der Waals surface area contributed by atoms with Crippen molar-refractivity contribution in [1.29, 1.82) is 0 Å². The molecule has 2 heterocycles. The number of hydrogen-bond donors (Lipinski definition) is 1. The van der Waals surface area contributed by atoms with Gasteiger partial charge in [0.15, 0.2) is 10.1 Å². The largest absolute Gasteiger partial charge is 0.325 e. The van der Waals surface area contributed by atoms with E-state index in [1.807, 2.05) is 35.1 Å². The molecule has 0 aliphatic carbocycles. The molecule has 2 N–H and O–H groups in total. The monoisotopic (exact) mass is 227 g/mol. The maximum Gasteiger partial charge on any atom is 0.195 e. The molecule has 0 aliphatic rings. The van der Waals surface area contributed by atoms with Crippen molar-refractivity contribution in [3.8, 4) is 0 Å². The van der Waals surface area contributed by atoms with Crippen molar-refractivity contribution in [2.75, 3.05) is 0 Å². The molecule has 0 amide bonds. The molecule has 2 aromatic rings. The van der Waals surface area contributed by atoms with Crippen LogP contribution in [0.15, 0.2) is 17.7 Å². The summed E-state index contributed by atoms with van der Waals surface area (Å²) < 4.78 is 1.95. The molecular weight excluding hydrogens is 218 g/mol. The predicted octanol–water partition coefficient (Wildman–Crippen LogP) is 2.41. The molecule has 14 heavy (non-hydrogen) atoms. The van der Waals surface area contributed by atoms with E-state index in [4.69, 9.17) is 17.3 Å². The van der Waals surface area contributed by atoms with E-state index in [0.29, 0.717) is 5.15 Å². The van der Waals surface area contributed by atoms with Gasteiger partial charge in [0, 0.05) is 17.6 Å². The quantitative estimate of drug-likeness (QED) is 0.856. The molecule has 0 aliphatic heterocycles. The number of halogens is 1. The van der Waals surface area contributed by atoms with E-state index in [2.05, 4.69) is 4.98 Å². The Bertz CT molecular complexity index is 469. The first-order valence-electron chi connectivity index (χ1n) is 4.23. The minimum Gasteiger partial charge on any atom is -0.325 e. The number of imidazole rings is 1. The average molecular weight is 228 g/mol. The van der Waals surface area contributed by atoms with Crippen LogP contribution in [0.1, 0.15) is 12.6 Å². The van der Waals surface area contributed by atoms with Crippen LogP contribution in [0, 0.1) is 0 Å². The maximum atomic E-state index is 5.98. The van der Waals surface area contributed by atoms with Gasteiger partial charge in [0.1, 0.15) is 0 Å². The predicted molar refractivity (Wildman–Crippen MR) is 60.8 cm³/mol. The Morgan fingerprint density at radius 3 is 3.21 bits per heavy atom. The summed E-state index contributed by atoms with van der Waals surface area (Å²) in [5.41, 5.74) is 6.51. The topological polar surface area (TPSA) is 43.3 Å². The Hall–Kier alpha value is -0.840. The molecule has 1 unspecified atom stereocenters. The summed E-state index contributed by atoms with van der Waals surface area (Å²) in [5.74, 6) is 0. The van der Waals surface area contributed by atoms with Gasteiger partial charge in [0.25, 0.3) is 0 Å². The number of fused-ring (bicyclic) bond motifs is 1. The van der Waals surface area contributed by atoms with Gasteiger partial charge in [-0.25, -0.2) is 4.98 Å². The van der Waals surface area contributed by atoms with Gasteiger partial charge in [-0.2, -0.15) is 0 Å². The van der Waals surface area contributed by atoms with Crippen molar-refractivity contribution in [3.63, 3.8) is 0 Å². The molecule has 2 rings (SSSR count). The smallest absolute Gasteiger partial charge is 0.195 e. The molecule has 74 valence electrons. The van der Waals surface area contributed by atoms with E-state index in [1.54, 1.807) is 11.3 Å². The fourth-order valence-corrected chi connectivity index (χ4v) is 2.17. The fourth-order valence-electron chi connectivity index (χ4n) is 1.17. The second kappa shape index (κ2) is 3.73. The molecule has 0 radical (unpaired) electrons. The summed E-state index contributed by atoms with van der Waals surface area (Å²) >= 11 is 7.53. The number of rotatable bonds is 2. The Labute approximate surface area is 90.8 Å². The van der Waals surface area contributed by atoms with Crippen molar-refractivity contribution >= 4 is 34.0 Å². The van der Waals surface area contributed by atoms with E-state index in [9.17, 15) is 0 Å². The van der Waals surface area contributed by atoms with Crippen LogP contribution in [0.25, 0.3) is 11.0 Å². The zero-order valence-electron chi connectivity index (χ0n) is 7.64. The van der Waals surface area contributed by atoms with Gasteiger partial charge in [-0.3, -0.25) is 4.40 Å². The molecule has 1 atom stereocenters. The Balaban J connectivity index is 2.48. The van der Waals surface area contributed by atoms with Gasteiger partial charge < -0.3 is 5.73 Å². The molecule has 0 spiro atoms. The average Bonchev–Trinajstić information content (AvgIpc) is 2.61.